The summed E-state index contributed by atoms with van der Waals surface area (Å²) >= 11 is 0. The third-order valence-electron chi connectivity index (χ3n) is 6.24. The number of hydrogen-bond acceptors (Lipinski definition) is 2. The van der Waals surface area contributed by atoms with Crippen LogP contribution in [0.4, 0.5) is 0 Å². The van der Waals surface area contributed by atoms with Crippen molar-refractivity contribution >= 4 is 22.7 Å². The van der Waals surface area contributed by atoms with E-state index in [1.165, 1.54) is 22.2 Å². The highest BCUT2D eigenvalue weighted by atomic mass is 16.2. The van der Waals surface area contributed by atoms with Gasteiger partial charge in [-0.2, -0.15) is 0 Å². The van der Waals surface area contributed by atoms with Crippen molar-refractivity contribution in [2.24, 2.45) is 5.92 Å². The third kappa shape index (κ3) is 3.53. The summed E-state index contributed by atoms with van der Waals surface area (Å²) in [6.45, 7) is 1.08. The number of carbonyl (C=O) groups excluding carboxylic acids is 2. The smallest absolute Gasteiger partial charge is 0.225 e. The Morgan fingerprint density at radius 1 is 1.07 bits per heavy atom. The summed E-state index contributed by atoms with van der Waals surface area (Å²) in [5, 5.41) is 4.51. The Hall–Kier alpha value is -3.08. The molecule has 148 valence electrons. The minimum absolute atomic E-state index is 0.0125. The van der Waals surface area contributed by atoms with Crippen LogP contribution in [0.5, 0.6) is 0 Å². The van der Waals surface area contributed by atoms with E-state index in [1.807, 2.05) is 36.4 Å². The number of fused-ring (bicyclic) bond motifs is 3. The summed E-state index contributed by atoms with van der Waals surface area (Å²) in [7, 11) is 0. The molecule has 29 heavy (non-hydrogen) atoms. The van der Waals surface area contributed by atoms with Crippen LogP contribution in [0.2, 0.25) is 0 Å². The summed E-state index contributed by atoms with van der Waals surface area (Å²) in [6.07, 6.45) is 3.04. The lowest BCUT2D eigenvalue weighted by Crippen LogP contribution is -2.42. The van der Waals surface area contributed by atoms with Crippen LogP contribution in [0.3, 0.4) is 0 Å². The highest BCUT2D eigenvalue weighted by Crippen LogP contribution is 2.29. The second-order valence-electron chi connectivity index (χ2n) is 8.24. The molecule has 2 heterocycles. The van der Waals surface area contributed by atoms with Crippen LogP contribution in [0.25, 0.3) is 10.9 Å². The van der Waals surface area contributed by atoms with E-state index >= 15 is 0 Å². The number of H-pyrrole nitrogens is 1. The molecule has 0 saturated carbocycles. The molecule has 1 saturated heterocycles. The lowest BCUT2D eigenvalue weighted by Gasteiger charge is -2.25. The topological polar surface area (TPSA) is 65.2 Å². The lowest BCUT2D eigenvalue weighted by molar-refractivity contribution is -0.129. The molecule has 1 fully saturated rings. The zero-order valence-corrected chi connectivity index (χ0v) is 16.4. The van der Waals surface area contributed by atoms with Gasteiger partial charge in [0.15, 0.2) is 0 Å². The molecule has 1 aliphatic heterocycles. The molecule has 2 unspecified atom stereocenters. The fourth-order valence-electron chi connectivity index (χ4n) is 4.73. The minimum atomic E-state index is -0.254. The van der Waals surface area contributed by atoms with Crippen LogP contribution < -0.4 is 5.32 Å². The number of aryl methyl sites for hydroxylation is 1. The fourth-order valence-corrected chi connectivity index (χ4v) is 4.73. The van der Waals surface area contributed by atoms with E-state index in [4.69, 9.17) is 0 Å². The quantitative estimate of drug-likeness (QED) is 0.722. The van der Waals surface area contributed by atoms with E-state index < -0.39 is 0 Å². The first-order chi connectivity index (χ1) is 14.2. The van der Waals surface area contributed by atoms with Crippen molar-refractivity contribution in [3.05, 3.63) is 71.4 Å². The van der Waals surface area contributed by atoms with Crippen molar-refractivity contribution in [3.8, 4) is 0 Å². The van der Waals surface area contributed by atoms with Gasteiger partial charge in [0.25, 0.3) is 0 Å². The Labute approximate surface area is 170 Å². The van der Waals surface area contributed by atoms with E-state index in [0.717, 1.165) is 24.8 Å². The predicted molar refractivity (Wildman–Crippen MR) is 112 cm³/mol. The van der Waals surface area contributed by atoms with E-state index in [1.54, 1.807) is 4.90 Å². The molecule has 3 aromatic rings. The number of aromatic amines is 1. The first kappa shape index (κ1) is 18.0. The van der Waals surface area contributed by atoms with Gasteiger partial charge in [-0.15, -0.1) is 0 Å². The molecule has 2 N–H and O–H groups in total. The molecule has 2 aromatic carbocycles. The third-order valence-corrected chi connectivity index (χ3v) is 6.24. The normalized spacial score (nSPS) is 21.4. The van der Waals surface area contributed by atoms with Gasteiger partial charge in [0, 0.05) is 48.6 Å². The monoisotopic (exact) mass is 387 g/mol. The number of hydrogen-bond donors (Lipinski definition) is 2. The van der Waals surface area contributed by atoms with Crippen molar-refractivity contribution < 1.29 is 9.59 Å². The number of amides is 2. The molecule has 0 bridgehead atoms. The second-order valence-corrected chi connectivity index (χ2v) is 8.24. The van der Waals surface area contributed by atoms with Gasteiger partial charge in [0.2, 0.25) is 11.8 Å². The summed E-state index contributed by atoms with van der Waals surface area (Å²) in [4.78, 5) is 30.5. The summed E-state index contributed by atoms with van der Waals surface area (Å²) in [5.41, 5.74) is 4.88. The van der Waals surface area contributed by atoms with E-state index in [0.29, 0.717) is 19.5 Å². The van der Waals surface area contributed by atoms with Gasteiger partial charge in [0.1, 0.15) is 0 Å². The molecule has 1 aromatic heterocycles. The molecule has 2 amide bonds. The largest absolute Gasteiger partial charge is 0.358 e. The molecular weight excluding hydrogens is 362 g/mol. The maximum atomic E-state index is 12.8. The number of nitrogens with zero attached hydrogens (tertiary/aromatic N) is 1. The number of rotatable bonds is 4. The van der Waals surface area contributed by atoms with Gasteiger partial charge < -0.3 is 15.2 Å². The molecule has 1 aliphatic carbocycles. The molecule has 0 spiro atoms. The highest BCUT2D eigenvalue weighted by molar-refractivity contribution is 5.89. The fraction of sp³-hybridized carbons (Fsp3) is 0.333. The van der Waals surface area contributed by atoms with Crippen molar-refractivity contribution in [2.75, 3.05) is 6.54 Å². The van der Waals surface area contributed by atoms with Gasteiger partial charge in [-0.3, -0.25) is 9.59 Å². The van der Waals surface area contributed by atoms with Gasteiger partial charge in [-0.1, -0.05) is 48.5 Å². The van der Waals surface area contributed by atoms with E-state index in [2.05, 4.69) is 28.5 Å². The first-order valence-electron chi connectivity index (χ1n) is 10.4. The van der Waals surface area contributed by atoms with Gasteiger partial charge >= 0.3 is 0 Å². The Kier molecular flexibility index (Phi) is 4.58. The summed E-state index contributed by atoms with van der Waals surface area (Å²) in [5.74, 6) is -0.177. The van der Waals surface area contributed by atoms with Crippen molar-refractivity contribution in [1.29, 1.82) is 0 Å². The van der Waals surface area contributed by atoms with Crippen LogP contribution in [-0.2, 0) is 29.0 Å². The standard InChI is InChI=1S/C24H25N3O2/c28-23-12-17(15-27(23)14-16-6-2-1-3-7-16)24(29)25-18-10-11-20-19-8-4-5-9-21(19)26-22(20)13-18/h1-9,17-18,26H,10-15H2,(H,25,29). The van der Waals surface area contributed by atoms with Gasteiger partial charge in [0.05, 0.1) is 5.92 Å². The number of nitrogens with one attached hydrogen (secondary N) is 2. The van der Waals surface area contributed by atoms with Crippen LogP contribution >= 0.6 is 0 Å². The minimum Gasteiger partial charge on any atom is -0.358 e. The Morgan fingerprint density at radius 2 is 1.86 bits per heavy atom. The zero-order chi connectivity index (χ0) is 19.8. The van der Waals surface area contributed by atoms with Crippen molar-refractivity contribution in [1.82, 2.24) is 15.2 Å². The zero-order valence-electron chi connectivity index (χ0n) is 16.4. The average Bonchev–Trinajstić information content (AvgIpc) is 3.29. The SMILES string of the molecule is O=C(NC1CCc2c([nH]c3ccccc23)C1)C1CC(=O)N(Cc2ccccc2)C1. The van der Waals surface area contributed by atoms with Crippen LogP contribution in [-0.4, -0.2) is 34.3 Å². The van der Waals surface area contributed by atoms with Gasteiger partial charge in [-0.25, -0.2) is 0 Å². The van der Waals surface area contributed by atoms with E-state index in [9.17, 15) is 9.59 Å². The molecular formula is C24H25N3O2. The molecule has 5 heteroatoms. The number of para-hydroxylation sites is 1. The molecule has 5 rings (SSSR count). The molecule has 5 nitrogen and oxygen atoms in total. The summed E-state index contributed by atoms with van der Waals surface area (Å²) in [6, 6.07) is 18.5. The molecule has 2 atom stereocenters. The van der Waals surface area contributed by atoms with Gasteiger partial charge in [-0.05, 0) is 30.0 Å². The van der Waals surface area contributed by atoms with Crippen molar-refractivity contribution in [3.63, 3.8) is 0 Å². The molecule has 2 aliphatic rings. The van der Waals surface area contributed by atoms with Crippen molar-refractivity contribution in [2.45, 2.75) is 38.3 Å². The van der Waals surface area contributed by atoms with Crippen LogP contribution in [0.15, 0.2) is 54.6 Å². The van der Waals surface area contributed by atoms with Crippen LogP contribution in [0, 0.1) is 5.92 Å². The predicted octanol–water partition coefficient (Wildman–Crippen LogP) is 3.19. The second kappa shape index (κ2) is 7.39. The maximum Gasteiger partial charge on any atom is 0.225 e. The molecule has 0 radical (unpaired) electrons. The van der Waals surface area contributed by atoms with Crippen LogP contribution in [0.1, 0.15) is 29.7 Å². The number of likely N-dealkylation sites (tertiary alicyclic amines) is 1. The highest BCUT2D eigenvalue weighted by Gasteiger charge is 2.35. The first-order valence-corrected chi connectivity index (χ1v) is 10.4. The maximum absolute atomic E-state index is 12.8. The Bertz CT molecular complexity index is 1060. The lowest BCUT2D eigenvalue weighted by atomic mass is 9.91. The van der Waals surface area contributed by atoms with E-state index in [-0.39, 0.29) is 23.8 Å². The summed E-state index contributed by atoms with van der Waals surface area (Å²) < 4.78 is 0. The number of benzene rings is 2. The number of aromatic nitrogens is 1. The number of carbonyl (C=O) groups is 2. The Morgan fingerprint density at radius 3 is 2.72 bits per heavy atom. The average molecular weight is 387 g/mol. The Balaban J connectivity index is 1.21.